The Labute approximate surface area is 104 Å². The van der Waals surface area contributed by atoms with Gasteiger partial charge < -0.3 is 5.11 Å². The lowest BCUT2D eigenvalue weighted by atomic mass is 10.1. The average molecular weight is 236 g/mol. The molecule has 17 heavy (non-hydrogen) atoms. The van der Waals surface area contributed by atoms with Crippen LogP contribution in [0.25, 0.3) is 11.1 Å². The summed E-state index contributed by atoms with van der Waals surface area (Å²) < 4.78 is 0. The second-order valence-corrected chi connectivity index (χ2v) is 6.48. The van der Waals surface area contributed by atoms with Gasteiger partial charge in [0.25, 0.3) is 0 Å². The Morgan fingerprint density at radius 2 is 1.35 bits per heavy atom. The number of nitrogens with one attached hydrogen (secondary N) is 2. The van der Waals surface area contributed by atoms with Gasteiger partial charge in [0.2, 0.25) is 0 Å². The lowest BCUT2D eigenvalue weighted by molar-refractivity contribution is 0.275. The van der Waals surface area contributed by atoms with Crippen molar-refractivity contribution in [1.82, 2.24) is 10.9 Å². The first-order valence-electron chi connectivity index (χ1n) is 5.96. The first-order valence-corrected chi connectivity index (χ1v) is 5.96. The van der Waals surface area contributed by atoms with Crippen LogP contribution in [0.1, 0.15) is 41.5 Å². The summed E-state index contributed by atoms with van der Waals surface area (Å²) in [6.45, 7) is 12.8. The SMILES string of the molecule is CC(C)(C)NNC(C)(C)C.Oc1ccc2cc1-2. The van der Waals surface area contributed by atoms with Crippen molar-refractivity contribution >= 4 is 0 Å². The van der Waals surface area contributed by atoms with Crippen molar-refractivity contribution in [1.29, 1.82) is 0 Å². The normalized spacial score (nSPS) is 12.8. The number of phenols is 1. The number of benzene rings is 1. The van der Waals surface area contributed by atoms with Gasteiger partial charge in [-0.1, -0.05) is 6.07 Å². The van der Waals surface area contributed by atoms with Crippen LogP contribution in [-0.4, -0.2) is 16.2 Å². The maximum absolute atomic E-state index is 8.78. The summed E-state index contributed by atoms with van der Waals surface area (Å²) in [6.07, 6.45) is 0. The molecule has 0 saturated carbocycles. The van der Waals surface area contributed by atoms with E-state index in [1.807, 2.05) is 12.1 Å². The summed E-state index contributed by atoms with van der Waals surface area (Å²) in [6, 6.07) is 5.57. The lowest BCUT2D eigenvalue weighted by Gasteiger charge is -2.28. The van der Waals surface area contributed by atoms with E-state index in [1.165, 1.54) is 5.56 Å². The zero-order valence-electron chi connectivity index (χ0n) is 11.7. The summed E-state index contributed by atoms with van der Waals surface area (Å²) in [5.74, 6) is 0.426. The van der Waals surface area contributed by atoms with Gasteiger partial charge in [0.05, 0.1) is 0 Å². The van der Waals surface area contributed by atoms with Crippen LogP contribution in [0.15, 0.2) is 18.2 Å². The fraction of sp³-hybridized carbons (Fsp3) is 0.571. The topological polar surface area (TPSA) is 44.3 Å². The van der Waals surface area contributed by atoms with Crippen LogP contribution in [0.3, 0.4) is 0 Å². The van der Waals surface area contributed by atoms with E-state index in [2.05, 4.69) is 52.4 Å². The van der Waals surface area contributed by atoms with Gasteiger partial charge in [-0.3, -0.25) is 10.9 Å². The molecule has 96 valence electrons. The van der Waals surface area contributed by atoms with E-state index in [4.69, 9.17) is 5.11 Å². The number of rotatable bonds is 1. The van der Waals surface area contributed by atoms with Crippen LogP contribution in [0.5, 0.6) is 5.75 Å². The van der Waals surface area contributed by atoms with E-state index in [0.29, 0.717) is 5.75 Å². The number of phenolic OH excluding ortho intramolecular Hbond substituents is 1. The average Bonchev–Trinajstić information content (AvgIpc) is 2.83. The molecule has 2 aliphatic carbocycles. The van der Waals surface area contributed by atoms with Gasteiger partial charge in [-0.05, 0) is 59.2 Å². The summed E-state index contributed by atoms with van der Waals surface area (Å²) in [7, 11) is 0. The maximum Gasteiger partial charge on any atom is 0.123 e. The van der Waals surface area contributed by atoms with E-state index < -0.39 is 0 Å². The van der Waals surface area contributed by atoms with Gasteiger partial charge in [-0.2, -0.15) is 0 Å². The third-order valence-corrected chi connectivity index (χ3v) is 2.04. The molecule has 0 unspecified atom stereocenters. The van der Waals surface area contributed by atoms with Gasteiger partial charge in [0.15, 0.2) is 0 Å². The number of hydrazine groups is 1. The summed E-state index contributed by atoms with van der Waals surface area (Å²) in [5, 5.41) is 8.78. The van der Waals surface area contributed by atoms with E-state index in [-0.39, 0.29) is 11.1 Å². The molecule has 0 bridgehead atoms. The van der Waals surface area contributed by atoms with Crippen molar-refractivity contribution < 1.29 is 5.11 Å². The van der Waals surface area contributed by atoms with Crippen LogP contribution in [-0.2, 0) is 0 Å². The van der Waals surface area contributed by atoms with Gasteiger partial charge >= 0.3 is 0 Å². The third kappa shape index (κ3) is 5.71. The van der Waals surface area contributed by atoms with Gasteiger partial charge in [-0.15, -0.1) is 0 Å². The highest BCUT2D eigenvalue weighted by Gasteiger charge is 2.15. The maximum atomic E-state index is 8.78. The van der Waals surface area contributed by atoms with Gasteiger partial charge in [0.1, 0.15) is 5.75 Å². The summed E-state index contributed by atoms with van der Waals surface area (Å²) in [5.41, 5.74) is 8.94. The first kappa shape index (κ1) is 14.0. The quantitative estimate of drug-likeness (QED) is 0.667. The molecule has 0 aromatic carbocycles. The molecule has 0 amide bonds. The van der Waals surface area contributed by atoms with Crippen molar-refractivity contribution in [2.45, 2.75) is 52.6 Å². The Morgan fingerprint density at radius 3 is 1.47 bits per heavy atom. The van der Waals surface area contributed by atoms with Crippen molar-refractivity contribution in [2.75, 3.05) is 0 Å². The van der Waals surface area contributed by atoms with Crippen LogP contribution in [0, 0.1) is 0 Å². The highest BCUT2D eigenvalue weighted by molar-refractivity contribution is 5.86. The Hall–Kier alpha value is -1.06. The molecule has 0 atom stereocenters. The highest BCUT2D eigenvalue weighted by Crippen LogP contribution is 2.42. The Kier molecular flexibility index (Phi) is 3.84. The van der Waals surface area contributed by atoms with Gasteiger partial charge in [0, 0.05) is 16.6 Å². The molecule has 2 rings (SSSR count). The Morgan fingerprint density at radius 1 is 0.882 bits per heavy atom. The van der Waals surface area contributed by atoms with Crippen molar-refractivity contribution in [3.8, 4) is 16.9 Å². The second-order valence-electron chi connectivity index (χ2n) is 6.48. The van der Waals surface area contributed by atoms with Gasteiger partial charge in [-0.25, -0.2) is 0 Å². The minimum absolute atomic E-state index is 0.146. The van der Waals surface area contributed by atoms with E-state index >= 15 is 0 Å². The predicted octanol–water partition coefficient (Wildman–Crippen LogP) is 3.05. The molecule has 0 fully saturated rings. The molecule has 3 nitrogen and oxygen atoms in total. The molecule has 0 aromatic rings. The molecular formula is C14H24N2O. The molecular weight excluding hydrogens is 212 g/mol. The van der Waals surface area contributed by atoms with Crippen LogP contribution >= 0.6 is 0 Å². The molecule has 0 spiro atoms. The molecule has 2 aliphatic rings. The number of aromatic hydroxyl groups is 1. The standard InChI is InChI=1S/C8H20N2.C6H4O/c1-7(2,3)9-10-8(4,5)6;7-6-2-1-4-3-5(4)6/h9-10H,1-6H3;1-3,7H. The number of hydrogen-bond acceptors (Lipinski definition) is 3. The lowest BCUT2D eigenvalue weighted by Crippen LogP contribution is -2.53. The van der Waals surface area contributed by atoms with Crippen molar-refractivity contribution in [3.63, 3.8) is 0 Å². The molecule has 0 saturated heterocycles. The predicted molar refractivity (Wildman–Crippen MR) is 72.9 cm³/mol. The minimum Gasteiger partial charge on any atom is -0.507 e. The molecule has 3 heteroatoms. The fourth-order valence-corrected chi connectivity index (χ4v) is 1.11. The van der Waals surface area contributed by atoms with E-state index in [1.54, 1.807) is 6.07 Å². The van der Waals surface area contributed by atoms with Crippen LogP contribution < -0.4 is 10.9 Å². The van der Waals surface area contributed by atoms with Crippen LogP contribution in [0.4, 0.5) is 0 Å². The molecule has 0 aromatic heterocycles. The monoisotopic (exact) mass is 236 g/mol. The summed E-state index contributed by atoms with van der Waals surface area (Å²) >= 11 is 0. The van der Waals surface area contributed by atoms with Crippen molar-refractivity contribution in [3.05, 3.63) is 18.2 Å². The van der Waals surface area contributed by atoms with Crippen LogP contribution in [0.2, 0.25) is 0 Å². The zero-order valence-corrected chi connectivity index (χ0v) is 11.7. The van der Waals surface area contributed by atoms with Crippen molar-refractivity contribution in [2.24, 2.45) is 0 Å². The smallest absolute Gasteiger partial charge is 0.123 e. The first-order chi connectivity index (χ1) is 7.58. The third-order valence-electron chi connectivity index (χ3n) is 2.04. The Bertz CT molecular complexity index is 372. The minimum atomic E-state index is 0.146. The van der Waals surface area contributed by atoms with E-state index in [9.17, 15) is 0 Å². The number of hydrogen-bond donors (Lipinski definition) is 3. The highest BCUT2D eigenvalue weighted by atomic mass is 16.3. The zero-order chi connectivity index (χ0) is 13.3. The fourth-order valence-electron chi connectivity index (χ4n) is 1.11. The molecule has 0 heterocycles. The molecule has 0 aliphatic heterocycles. The molecule has 0 radical (unpaired) electrons. The van der Waals surface area contributed by atoms with E-state index in [0.717, 1.165) is 5.56 Å². The Balaban J connectivity index is 0.000000177. The summed E-state index contributed by atoms with van der Waals surface area (Å²) in [4.78, 5) is 0. The second kappa shape index (κ2) is 4.67. The largest absolute Gasteiger partial charge is 0.507 e. The number of fused-ring (bicyclic) bond motifs is 1. The molecule has 3 N–H and O–H groups in total.